The maximum absolute atomic E-state index is 5.38. The lowest BCUT2D eigenvalue weighted by Gasteiger charge is -2.07. The van der Waals surface area contributed by atoms with Crippen LogP contribution in [0.2, 0.25) is 0 Å². The van der Waals surface area contributed by atoms with Gasteiger partial charge in [-0.15, -0.1) is 0 Å². The van der Waals surface area contributed by atoms with Crippen LogP contribution < -0.4 is 5.73 Å². The largest absolute Gasteiger partial charge is 0.379 e. The minimum atomic E-state index is 0.582. The van der Waals surface area contributed by atoms with Crippen LogP contribution in [0.5, 0.6) is 0 Å². The van der Waals surface area contributed by atoms with E-state index in [4.69, 9.17) is 29.4 Å². The SMILES string of the molecule is CCCCOCCOCCOCCOCCOCCCN. The summed E-state index contributed by atoms with van der Waals surface area (Å²) in [4.78, 5) is 0. The lowest BCUT2D eigenvalue weighted by atomic mass is 10.4. The van der Waals surface area contributed by atoms with Gasteiger partial charge >= 0.3 is 0 Å². The van der Waals surface area contributed by atoms with E-state index in [0.29, 0.717) is 66.0 Å². The van der Waals surface area contributed by atoms with Crippen LogP contribution in [0.15, 0.2) is 0 Å². The Kier molecular flexibility index (Phi) is 19.5. The smallest absolute Gasteiger partial charge is 0.0701 e. The third-order valence-electron chi connectivity index (χ3n) is 2.62. The van der Waals surface area contributed by atoms with Crippen molar-refractivity contribution < 1.29 is 23.7 Å². The van der Waals surface area contributed by atoms with Gasteiger partial charge in [0.05, 0.1) is 52.9 Å². The van der Waals surface area contributed by atoms with Crippen molar-refractivity contribution in [2.24, 2.45) is 5.73 Å². The highest BCUT2D eigenvalue weighted by atomic mass is 16.6. The van der Waals surface area contributed by atoms with Crippen LogP contribution in [-0.4, -0.2) is 72.6 Å². The second-order valence-corrected chi connectivity index (χ2v) is 4.56. The van der Waals surface area contributed by atoms with Gasteiger partial charge in [-0.1, -0.05) is 13.3 Å². The summed E-state index contributed by atoms with van der Waals surface area (Å²) in [5.41, 5.74) is 5.35. The summed E-state index contributed by atoms with van der Waals surface area (Å²) in [5, 5.41) is 0. The lowest BCUT2D eigenvalue weighted by Crippen LogP contribution is -2.13. The first-order valence-corrected chi connectivity index (χ1v) is 8.00. The van der Waals surface area contributed by atoms with E-state index < -0.39 is 0 Å². The van der Waals surface area contributed by atoms with Crippen molar-refractivity contribution in [3.8, 4) is 0 Å². The Morgan fingerprint density at radius 1 is 0.524 bits per heavy atom. The highest BCUT2D eigenvalue weighted by Crippen LogP contribution is 1.88. The predicted octanol–water partition coefficient (Wildman–Crippen LogP) is 1.22. The van der Waals surface area contributed by atoms with Crippen LogP contribution in [0.25, 0.3) is 0 Å². The molecule has 21 heavy (non-hydrogen) atoms. The molecule has 128 valence electrons. The normalized spacial score (nSPS) is 11.1. The predicted molar refractivity (Wildman–Crippen MR) is 82.7 cm³/mol. The molecule has 6 nitrogen and oxygen atoms in total. The highest BCUT2D eigenvalue weighted by Gasteiger charge is 1.93. The number of hydrogen-bond acceptors (Lipinski definition) is 6. The number of hydrogen-bond donors (Lipinski definition) is 1. The number of nitrogens with two attached hydrogens (primary N) is 1. The lowest BCUT2D eigenvalue weighted by molar-refractivity contribution is -0.0112. The van der Waals surface area contributed by atoms with E-state index in [2.05, 4.69) is 6.92 Å². The van der Waals surface area contributed by atoms with Crippen molar-refractivity contribution in [3.63, 3.8) is 0 Å². The molecule has 0 unspecified atom stereocenters. The van der Waals surface area contributed by atoms with Crippen LogP contribution in [0.4, 0.5) is 0 Å². The molecule has 2 N–H and O–H groups in total. The molecule has 0 aliphatic heterocycles. The molecule has 0 aliphatic carbocycles. The molecule has 0 fully saturated rings. The molecule has 6 heteroatoms. The fourth-order valence-electron chi connectivity index (χ4n) is 1.41. The summed E-state index contributed by atoms with van der Waals surface area (Å²) in [6, 6.07) is 0. The topological polar surface area (TPSA) is 72.2 Å². The van der Waals surface area contributed by atoms with Gasteiger partial charge in [-0.25, -0.2) is 0 Å². The minimum Gasteiger partial charge on any atom is -0.379 e. The van der Waals surface area contributed by atoms with Crippen LogP contribution in [0.1, 0.15) is 26.2 Å². The average molecular weight is 307 g/mol. The van der Waals surface area contributed by atoms with E-state index in [1.54, 1.807) is 0 Å². The number of rotatable bonds is 18. The summed E-state index contributed by atoms with van der Waals surface area (Å²) in [6.07, 6.45) is 3.17. The molecular formula is C15H33NO5. The molecule has 0 aromatic carbocycles. The molecule has 0 aromatic heterocycles. The molecule has 0 amide bonds. The molecule has 0 radical (unpaired) electrons. The third kappa shape index (κ3) is 19.8. The second kappa shape index (κ2) is 19.8. The average Bonchev–Trinajstić information content (AvgIpc) is 2.50. The first kappa shape index (κ1) is 20.8. The van der Waals surface area contributed by atoms with Gasteiger partial charge in [0.2, 0.25) is 0 Å². The minimum absolute atomic E-state index is 0.582. The molecule has 0 spiro atoms. The van der Waals surface area contributed by atoms with Gasteiger partial charge < -0.3 is 29.4 Å². The molecule has 0 saturated heterocycles. The van der Waals surface area contributed by atoms with Crippen molar-refractivity contribution in [3.05, 3.63) is 0 Å². The Morgan fingerprint density at radius 3 is 1.19 bits per heavy atom. The van der Waals surface area contributed by atoms with Crippen LogP contribution in [-0.2, 0) is 23.7 Å². The summed E-state index contributed by atoms with van der Waals surface area (Å²) < 4.78 is 26.8. The van der Waals surface area contributed by atoms with Crippen molar-refractivity contribution in [1.82, 2.24) is 0 Å². The molecule has 0 aromatic rings. The molecule has 0 aliphatic rings. The zero-order valence-electron chi connectivity index (χ0n) is 13.5. The summed E-state index contributed by atoms with van der Waals surface area (Å²) in [7, 11) is 0. The molecule has 0 rings (SSSR count). The Labute approximate surface area is 129 Å². The molecule has 0 heterocycles. The quantitative estimate of drug-likeness (QED) is 0.384. The van der Waals surface area contributed by atoms with E-state index >= 15 is 0 Å². The van der Waals surface area contributed by atoms with Crippen LogP contribution in [0, 0.1) is 0 Å². The Balaban J connectivity index is 2.90. The fraction of sp³-hybridized carbons (Fsp3) is 1.00. The second-order valence-electron chi connectivity index (χ2n) is 4.56. The van der Waals surface area contributed by atoms with Crippen molar-refractivity contribution >= 4 is 0 Å². The molecular weight excluding hydrogens is 274 g/mol. The standard InChI is InChI=1S/C15H33NO5/c1-2-3-6-17-8-10-19-12-14-21-15-13-20-11-9-18-7-4-5-16/h2-16H2,1H3. The van der Waals surface area contributed by atoms with Gasteiger partial charge in [0, 0.05) is 13.2 Å². The number of unbranched alkanes of at least 4 members (excludes halogenated alkanes) is 1. The van der Waals surface area contributed by atoms with Crippen molar-refractivity contribution in [2.75, 3.05) is 72.6 Å². The molecule has 0 bridgehead atoms. The van der Waals surface area contributed by atoms with Gasteiger partial charge in [0.15, 0.2) is 0 Å². The fourth-order valence-corrected chi connectivity index (χ4v) is 1.41. The van der Waals surface area contributed by atoms with E-state index in [0.717, 1.165) is 25.9 Å². The molecule has 0 saturated carbocycles. The monoisotopic (exact) mass is 307 g/mol. The van der Waals surface area contributed by atoms with E-state index in [-0.39, 0.29) is 0 Å². The summed E-state index contributed by atoms with van der Waals surface area (Å²) in [5.74, 6) is 0. The Hall–Kier alpha value is -0.240. The van der Waals surface area contributed by atoms with E-state index in [1.807, 2.05) is 0 Å². The number of ether oxygens (including phenoxy) is 5. The summed E-state index contributed by atoms with van der Waals surface area (Å²) >= 11 is 0. The third-order valence-corrected chi connectivity index (χ3v) is 2.62. The maximum Gasteiger partial charge on any atom is 0.0701 e. The zero-order valence-corrected chi connectivity index (χ0v) is 13.5. The van der Waals surface area contributed by atoms with E-state index in [1.165, 1.54) is 0 Å². The van der Waals surface area contributed by atoms with Crippen molar-refractivity contribution in [2.45, 2.75) is 26.2 Å². The van der Waals surface area contributed by atoms with Gasteiger partial charge in [-0.3, -0.25) is 0 Å². The summed E-state index contributed by atoms with van der Waals surface area (Å²) in [6.45, 7) is 9.19. The first-order chi connectivity index (χ1) is 10.4. The highest BCUT2D eigenvalue weighted by molar-refractivity contribution is 4.38. The molecule has 0 atom stereocenters. The van der Waals surface area contributed by atoms with Crippen molar-refractivity contribution in [1.29, 1.82) is 0 Å². The zero-order chi connectivity index (χ0) is 15.4. The van der Waals surface area contributed by atoms with Crippen LogP contribution in [0.3, 0.4) is 0 Å². The van der Waals surface area contributed by atoms with Gasteiger partial charge in [0.25, 0.3) is 0 Å². The first-order valence-electron chi connectivity index (χ1n) is 8.00. The van der Waals surface area contributed by atoms with Gasteiger partial charge in [-0.05, 0) is 19.4 Å². The Bertz CT molecular complexity index is 165. The van der Waals surface area contributed by atoms with Gasteiger partial charge in [-0.2, -0.15) is 0 Å². The maximum atomic E-state index is 5.38. The van der Waals surface area contributed by atoms with Crippen LogP contribution >= 0.6 is 0 Å². The van der Waals surface area contributed by atoms with Gasteiger partial charge in [0.1, 0.15) is 0 Å². The Morgan fingerprint density at radius 2 is 0.857 bits per heavy atom. The van der Waals surface area contributed by atoms with E-state index in [9.17, 15) is 0 Å².